The molecule has 0 aromatic heterocycles. The van der Waals surface area contributed by atoms with Crippen LogP contribution in [0.3, 0.4) is 0 Å². The van der Waals surface area contributed by atoms with Gasteiger partial charge in [-0.3, -0.25) is 4.79 Å². The Morgan fingerprint density at radius 3 is 2.11 bits per heavy atom. The first-order chi connectivity index (χ1) is 13.3. The summed E-state index contributed by atoms with van der Waals surface area (Å²) >= 11 is 5.83. The number of allylic oxidation sites excluding steroid dienone is 1. The number of hydrogen-bond donors (Lipinski definition) is 0. The number of hydrogen-bond acceptors (Lipinski definition) is 4. The van der Waals surface area contributed by atoms with E-state index in [0.717, 1.165) is 11.1 Å². The van der Waals surface area contributed by atoms with E-state index >= 15 is 0 Å². The van der Waals surface area contributed by atoms with Crippen molar-refractivity contribution in [3.05, 3.63) is 101 Å². The van der Waals surface area contributed by atoms with Crippen LogP contribution in [0, 0.1) is 6.92 Å². The molecule has 0 bridgehead atoms. The van der Waals surface area contributed by atoms with Crippen molar-refractivity contribution in [2.45, 2.75) is 11.8 Å². The molecule has 142 valence electrons. The van der Waals surface area contributed by atoms with Gasteiger partial charge in [0.2, 0.25) is 0 Å². The SMILES string of the molecule is Cc1ccc(S(=O)(=O)Oc2ccc(C(=O)/C=C/c3ccc(Cl)cc3)cc2)cc1. The van der Waals surface area contributed by atoms with Crippen molar-refractivity contribution in [3.8, 4) is 5.75 Å². The van der Waals surface area contributed by atoms with Gasteiger partial charge >= 0.3 is 10.1 Å². The Kier molecular flexibility index (Phi) is 5.97. The number of ketones is 1. The van der Waals surface area contributed by atoms with Gasteiger partial charge < -0.3 is 4.18 Å². The number of aryl methyl sites for hydroxylation is 1. The molecule has 0 saturated heterocycles. The smallest absolute Gasteiger partial charge is 0.339 e. The van der Waals surface area contributed by atoms with Gasteiger partial charge in [-0.1, -0.05) is 47.5 Å². The predicted molar refractivity (Wildman–Crippen MR) is 110 cm³/mol. The monoisotopic (exact) mass is 412 g/mol. The molecule has 3 aromatic rings. The third-order valence-corrected chi connectivity index (χ3v) is 5.46. The van der Waals surface area contributed by atoms with Gasteiger partial charge in [0.1, 0.15) is 10.6 Å². The molecule has 0 fully saturated rings. The lowest BCUT2D eigenvalue weighted by atomic mass is 10.1. The maximum atomic E-state index is 12.3. The minimum absolute atomic E-state index is 0.0733. The molecule has 0 spiro atoms. The molecule has 28 heavy (non-hydrogen) atoms. The minimum Gasteiger partial charge on any atom is -0.379 e. The zero-order chi connectivity index (χ0) is 20.1. The lowest BCUT2D eigenvalue weighted by molar-refractivity contribution is 0.104. The molecule has 4 nitrogen and oxygen atoms in total. The van der Waals surface area contributed by atoms with Crippen LogP contribution in [0.1, 0.15) is 21.5 Å². The molecular weight excluding hydrogens is 396 g/mol. The molecule has 3 aromatic carbocycles. The average molecular weight is 413 g/mol. The molecule has 0 atom stereocenters. The summed E-state index contributed by atoms with van der Waals surface area (Å²) in [6, 6.07) is 19.4. The summed E-state index contributed by atoms with van der Waals surface area (Å²) in [6.45, 7) is 1.87. The van der Waals surface area contributed by atoms with Crippen LogP contribution >= 0.6 is 11.6 Å². The maximum Gasteiger partial charge on any atom is 0.339 e. The predicted octanol–water partition coefficient (Wildman–Crippen LogP) is 5.31. The lowest BCUT2D eigenvalue weighted by Crippen LogP contribution is -2.09. The van der Waals surface area contributed by atoms with Gasteiger partial charge in [0.25, 0.3) is 0 Å². The highest BCUT2D eigenvalue weighted by Crippen LogP contribution is 2.20. The number of carbonyl (C=O) groups excluding carboxylic acids is 1. The first kappa shape index (κ1) is 19.9. The van der Waals surface area contributed by atoms with Crippen LogP contribution in [0.4, 0.5) is 0 Å². The van der Waals surface area contributed by atoms with Gasteiger partial charge in [0.15, 0.2) is 5.78 Å². The minimum atomic E-state index is -3.92. The Morgan fingerprint density at radius 1 is 0.893 bits per heavy atom. The van der Waals surface area contributed by atoms with Crippen molar-refractivity contribution in [3.63, 3.8) is 0 Å². The maximum absolute atomic E-state index is 12.3. The molecule has 3 rings (SSSR count). The van der Waals surface area contributed by atoms with Crippen LogP contribution in [-0.4, -0.2) is 14.2 Å². The van der Waals surface area contributed by atoms with E-state index in [2.05, 4.69) is 0 Å². The van der Waals surface area contributed by atoms with E-state index in [4.69, 9.17) is 15.8 Å². The largest absolute Gasteiger partial charge is 0.379 e. The van der Waals surface area contributed by atoms with Crippen molar-refractivity contribution in [1.29, 1.82) is 0 Å². The van der Waals surface area contributed by atoms with Crippen molar-refractivity contribution in [2.24, 2.45) is 0 Å². The van der Waals surface area contributed by atoms with E-state index < -0.39 is 10.1 Å². The van der Waals surface area contributed by atoms with Gasteiger partial charge in [-0.2, -0.15) is 8.42 Å². The molecule has 0 N–H and O–H groups in total. The summed E-state index contributed by atoms with van der Waals surface area (Å²) in [6.07, 6.45) is 3.13. The Bertz CT molecular complexity index is 1100. The van der Waals surface area contributed by atoms with Crippen molar-refractivity contribution >= 4 is 33.6 Å². The van der Waals surface area contributed by atoms with Crippen LogP contribution < -0.4 is 4.18 Å². The van der Waals surface area contributed by atoms with Gasteiger partial charge in [-0.15, -0.1) is 0 Å². The third kappa shape index (κ3) is 5.09. The van der Waals surface area contributed by atoms with Crippen LogP contribution in [0.15, 0.2) is 83.8 Å². The van der Waals surface area contributed by atoms with E-state index in [9.17, 15) is 13.2 Å². The topological polar surface area (TPSA) is 60.4 Å². The third-order valence-electron chi connectivity index (χ3n) is 3.95. The van der Waals surface area contributed by atoms with Gasteiger partial charge in [0, 0.05) is 10.6 Å². The van der Waals surface area contributed by atoms with E-state index in [1.807, 2.05) is 6.92 Å². The molecular formula is C22H17ClO4S. The highest BCUT2D eigenvalue weighted by Gasteiger charge is 2.16. The van der Waals surface area contributed by atoms with Crippen LogP contribution in [0.2, 0.25) is 5.02 Å². The standard InChI is InChI=1S/C22H17ClO4S/c1-16-2-13-21(14-3-16)28(25,26)27-20-11-7-18(8-12-20)22(24)15-6-17-4-9-19(23)10-5-17/h2-15H,1H3/b15-6+. The fourth-order valence-electron chi connectivity index (χ4n) is 2.40. The first-order valence-corrected chi connectivity index (χ1v) is 10.2. The van der Waals surface area contributed by atoms with E-state index in [0.29, 0.717) is 10.6 Å². The molecule has 0 aliphatic carbocycles. The molecule has 6 heteroatoms. The van der Waals surface area contributed by atoms with Crippen LogP contribution in [-0.2, 0) is 10.1 Å². The van der Waals surface area contributed by atoms with E-state index in [-0.39, 0.29) is 16.4 Å². The van der Waals surface area contributed by atoms with Gasteiger partial charge in [-0.25, -0.2) is 0 Å². The van der Waals surface area contributed by atoms with Crippen molar-refractivity contribution < 1.29 is 17.4 Å². The molecule has 0 radical (unpaired) electrons. The Morgan fingerprint density at radius 2 is 1.50 bits per heavy atom. The second kappa shape index (κ2) is 8.42. The summed E-state index contributed by atoms with van der Waals surface area (Å²) < 4.78 is 29.7. The molecule has 0 amide bonds. The fraction of sp³-hybridized carbons (Fsp3) is 0.0455. The molecule has 0 aliphatic rings. The normalized spacial score (nSPS) is 11.5. The summed E-state index contributed by atoms with van der Waals surface area (Å²) in [4.78, 5) is 12.3. The van der Waals surface area contributed by atoms with Crippen molar-refractivity contribution in [2.75, 3.05) is 0 Å². The Labute approximate surface area is 169 Å². The molecule has 0 heterocycles. The fourth-order valence-corrected chi connectivity index (χ4v) is 3.45. The summed E-state index contributed by atoms with van der Waals surface area (Å²) in [5.74, 6) is -0.0679. The zero-order valence-electron chi connectivity index (χ0n) is 15.0. The highest BCUT2D eigenvalue weighted by molar-refractivity contribution is 7.87. The van der Waals surface area contributed by atoms with Crippen LogP contribution in [0.5, 0.6) is 5.75 Å². The summed E-state index contributed by atoms with van der Waals surface area (Å²) in [5, 5.41) is 0.625. The second-order valence-corrected chi connectivity index (χ2v) is 8.11. The van der Waals surface area contributed by atoms with Crippen LogP contribution in [0.25, 0.3) is 6.08 Å². The van der Waals surface area contributed by atoms with E-state index in [1.165, 1.54) is 42.5 Å². The highest BCUT2D eigenvalue weighted by atomic mass is 35.5. The van der Waals surface area contributed by atoms with E-state index in [1.54, 1.807) is 42.5 Å². The molecule has 0 saturated carbocycles. The summed E-state index contributed by atoms with van der Waals surface area (Å²) in [7, 11) is -3.92. The first-order valence-electron chi connectivity index (χ1n) is 8.43. The lowest BCUT2D eigenvalue weighted by Gasteiger charge is -2.07. The number of benzene rings is 3. The average Bonchev–Trinajstić information content (AvgIpc) is 2.68. The Balaban J connectivity index is 1.69. The van der Waals surface area contributed by atoms with Gasteiger partial charge in [-0.05, 0) is 67.1 Å². The quantitative estimate of drug-likeness (QED) is 0.312. The molecule has 0 aliphatic heterocycles. The number of carbonyl (C=O) groups is 1. The van der Waals surface area contributed by atoms with Crippen molar-refractivity contribution in [1.82, 2.24) is 0 Å². The number of rotatable bonds is 6. The van der Waals surface area contributed by atoms with Gasteiger partial charge in [0.05, 0.1) is 0 Å². The zero-order valence-corrected chi connectivity index (χ0v) is 16.6. The molecule has 0 unspecified atom stereocenters. The second-order valence-electron chi connectivity index (χ2n) is 6.12. The number of halogens is 1. The Hall–Kier alpha value is -2.89. The summed E-state index contributed by atoms with van der Waals surface area (Å²) in [5.41, 5.74) is 2.22.